The molecule has 3 aliphatic heterocycles. The van der Waals surface area contributed by atoms with E-state index in [2.05, 4.69) is 45.9 Å². The van der Waals surface area contributed by atoms with Crippen LogP contribution in [0.3, 0.4) is 0 Å². The molecule has 0 unspecified atom stereocenters. The molecule has 0 radical (unpaired) electrons. The number of piperidine rings is 2. The molecule has 1 aromatic rings. The molecule has 5 atom stereocenters. The number of carbonyl (C=O) groups is 2. The van der Waals surface area contributed by atoms with Gasteiger partial charge in [0.25, 0.3) is 0 Å². The Kier molecular flexibility index (Phi) is 5.58. The predicted molar refractivity (Wildman–Crippen MR) is 122 cm³/mol. The molecule has 31 heavy (non-hydrogen) atoms. The van der Waals surface area contributed by atoms with Gasteiger partial charge in [-0.3, -0.25) is 14.5 Å². The second-order valence-electron chi connectivity index (χ2n) is 10.6. The fourth-order valence-electron chi connectivity index (χ4n) is 7.38. The molecule has 1 saturated carbocycles. The zero-order valence-electron chi connectivity index (χ0n) is 19.1. The molecule has 0 aromatic heterocycles. The van der Waals surface area contributed by atoms with Crippen molar-refractivity contribution in [2.45, 2.75) is 89.4 Å². The molecular formula is C26H37N3O2. The van der Waals surface area contributed by atoms with Gasteiger partial charge in [-0.1, -0.05) is 43.7 Å². The first-order chi connectivity index (χ1) is 15.0. The summed E-state index contributed by atoms with van der Waals surface area (Å²) in [5.74, 6) is 0.470. The fraction of sp³-hybridized carbons (Fsp3) is 0.692. The molecule has 4 fully saturated rings. The number of hydrogen-bond donors (Lipinski definition) is 0. The van der Waals surface area contributed by atoms with Gasteiger partial charge >= 0.3 is 0 Å². The van der Waals surface area contributed by atoms with Crippen molar-refractivity contribution in [3.8, 4) is 0 Å². The summed E-state index contributed by atoms with van der Waals surface area (Å²) in [5.41, 5.74) is 1.28. The lowest BCUT2D eigenvalue weighted by atomic mass is 9.64. The molecule has 168 valence electrons. The Labute approximate surface area is 186 Å². The van der Waals surface area contributed by atoms with E-state index in [4.69, 9.17) is 0 Å². The number of fused-ring (bicyclic) bond motifs is 1. The van der Waals surface area contributed by atoms with Crippen molar-refractivity contribution in [1.29, 1.82) is 0 Å². The van der Waals surface area contributed by atoms with Crippen LogP contribution in [-0.2, 0) is 16.0 Å². The van der Waals surface area contributed by atoms with E-state index >= 15 is 0 Å². The summed E-state index contributed by atoms with van der Waals surface area (Å²) in [6, 6.07) is 11.2. The van der Waals surface area contributed by atoms with Gasteiger partial charge in [0.1, 0.15) is 0 Å². The first-order valence-corrected chi connectivity index (χ1v) is 12.4. The smallest absolute Gasteiger partial charge is 0.237 e. The third-order valence-corrected chi connectivity index (χ3v) is 8.70. The number of benzene rings is 1. The number of carbonyl (C=O) groups excluding carboxylic acids is 2. The number of hydrogen-bond acceptors (Lipinski definition) is 3. The number of nitrogens with zero attached hydrogens (tertiary/aromatic N) is 3. The standard InChI is InChI=1S/C26H37N3O2/c1-19(30)28-21(16-20-10-5-3-6-11-20)22-17-26(2)23(28)12-9-13-24(26)29(22)25(31)18-27-14-7-4-8-15-27/h3,5-6,10-11,21-24H,4,7-9,12-18H2,1-2H3/t21-,22+,23-,24+,26-/m1/s1. The Morgan fingerprint density at radius 3 is 2.32 bits per heavy atom. The Bertz CT molecular complexity index is 821. The Hall–Kier alpha value is -1.88. The highest BCUT2D eigenvalue weighted by molar-refractivity contribution is 5.81. The molecule has 0 spiro atoms. The molecule has 5 nitrogen and oxygen atoms in total. The van der Waals surface area contributed by atoms with Crippen LogP contribution in [0.2, 0.25) is 0 Å². The first kappa shape index (κ1) is 21.0. The van der Waals surface area contributed by atoms with E-state index in [1.807, 2.05) is 6.07 Å². The summed E-state index contributed by atoms with van der Waals surface area (Å²) in [6.07, 6.45) is 8.81. The van der Waals surface area contributed by atoms with Crippen molar-refractivity contribution < 1.29 is 9.59 Å². The number of amides is 2. The number of rotatable bonds is 4. The highest BCUT2D eigenvalue weighted by Gasteiger charge is 2.64. The third-order valence-electron chi connectivity index (χ3n) is 8.70. The van der Waals surface area contributed by atoms with Crippen LogP contribution in [0.1, 0.15) is 64.4 Å². The van der Waals surface area contributed by atoms with Crippen LogP contribution >= 0.6 is 0 Å². The topological polar surface area (TPSA) is 43.9 Å². The van der Waals surface area contributed by atoms with Gasteiger partial charge in [-0.2, -0.15) is 0 Å². The molecule has 1 aromatic carbocycles. The quantitative estimate of drug-likeness (QED) is 0.745. The van der Waals surface area contributed by atoms with E-state index in [0.717, 1.165) is 45.2 Å². The second kappa shape index (κ2) is 8.23. The second-order valence-corrected chi connectivity index (χ2v) is 10.6. The van der Waals surface area contributed by atoms with Gasteiger partial charge in [0.15, 0.2) is 0 Å². The molecule has 5 rings (SSSR count). The van der Waals surface area contributed by atoms with Crippen molar-refractivity contribution >= 4 is 11.8 Å². The molecule has 2 amide bonds. The maximum atomic E-state index is 13.8. The average molecular weight is 424 g/mol. The maximum Gasteiger partial charge on any atom is 0.237 e. The molecule has 5 heteroatoms. The van der Waals surface area contributed by atoms with Crippen LogP contribution in [0.25, 0.3) is 0 Å². The molecule has 2 bridgehead atoms. The van der Waals surface area contributed by atoms with E-state index in [1.54, 1.807) is 6.92 Å². The third kappa shape index (κ3) is 3.59. The van der Waals surface area contributed by atoms with Crippen LogP contribution in [-0.4, -0.2) is 70.3 Å². The molecule has 1 aliphatic carbocycles. The summed E-state index contributed by atoms with van der Waals surface area (Å²) in [7, 11) is 0. The van der Waals surface area contributed by atoms with E-state index in [-0.39, 0.29) is 35.5 Å². The van der Waals surface area contributed by atoms with Crippen LogP contribution in [0.4, 0.5) is 0 Å². The maximum absolute atomic E-state index is 13.8. The molecule has 0 N–H and O–H groups in total. The van der Waals surface area contributed by atoms with Crippen molar-refractivity contribution in [2.24, 2.45) is 5.41 Å². The van der Waals surface area contributed by atoms with Gasteiger partial charge < -0.3 is 9.80 Å². The molecule has 3 heterocycles. The minimum atomic E-state index is 0.0271. The first-order valence-electron chi connectivity index (χ1n) is 12.4. The summed E-state index contributed by atoms with van der Waals surface area (Å²) >= 11 is 0. The highest BCUT2D eigenvalue weighted by Crippen LogP contribution is 2.56. The van der Waals surface area contributed by atoms with Crippen LogP contribution < -0.4 is 0 Å². The van der Waals surface area contributed by atoms with Crippen molar-refractivity contribution in [3.05, 3.63) is 35.9 Å². The zero-order valence-corrected chi connectivity index (χ0v) is 19.1. The number of likely N-dealkylation sites (tertiary alicyclic amines) is 3. The lowest BCUT2D eigenvalue weighted by Gasteiger charge is -2.52. The largest absolute Gasteiger partial charge is 0.334 e. The van der Waals surface area contributed by atoms with Gasteiger partial charge in [-0.25, -0.2) is 0 Å². The summed E-state index contributed by atoms with van der Waals surface area (Å²) in [4.78, 5) is 33.5. The minimum Gasteiger partial charge on any atom is -0.334 e. The summed E-state index contributed by atoms with van der Waals surface area (Å²) < 4.78 is 0. The van der Waals surface area contributed by atoms with Gasteiger partial charge in [0.2, 0.25) is 11.8 Å². The van der Waals surface area contributed by atoms with Crippen LogP contribution in [0.15, 0.2) is 30.3 Å². The van der Waals surface area contributed by atoms with Gasteiger partial charge in [0, 0.05) is 24.4 Å². The van der Waals surface area contributed by atoms with E-state index in [9.17, 15) is 9.59 Å². The van der Waals surface area contributed by atoms with Crippen LogP contribution in [0, 0.1) is 5.41 Å². The molecule has 3 saturated heterocycles. The van der Waals surface area contributed by atoms with E-state index in [1.165, 1.54) is 24.8 Å². The molecular weight excluding hydrogens is 386 g/mol. The Balaban J connectivity index is 1.48. The molecule has 4 aliphatic rings. The van der Waals surface area contributed by atoms with E-state index in [0.29, 0.717) is 12.5 Å². The zero-order chi connectivity index (χ0) is 21.6. The minimum absolute atomic E-state index is 0.0271. The van der Waals surface area contributed by atoms with Gasteiger partial charge in [-0.15, -0.1) is 0 Å². The fourth-order valence-corrected chi connectivity index (χ4v) is 7.38. The lowest BCUT2D eigenvalue weighted by molar-refractivity contribution is -0.143. The Morgan fingerprint density at radius 2 is 1.65 bits per heavy atom. The van der Waals surface area contributed by atoms with Crippen LogP contribution in [0.5, 0.6) is 0 Å². The van der Waals surface area contributed by atoms with E-state index < -0.39 is 0 Å². The van der Waals surface area contributed by atoms with Crippen molar-refractivity contribution in [3.63, 3.8) is 0 Å². The predicted octanol–water partition coefficient (Wildman–Crippen LogP) is 3.47. The SMILES string of the molecule is CC(=O)N1[C@H](Cc2ccccc2)[C@@H]2C[C@@]3(C)[C@H](CCC[C@@H]13)N2C(=O)CN1CCCCC1. The van der Waals surface area contributed by atoms with Gasteiger partial charge in [-0.05, 0) is 63.6 Å². The van der Waals surface area contributed by atoms with Crippen molar-refractivity contribution in [2.75, 3.05) is 19.6 Å². The Morgan fingerprint density at radius 1 is 0.968 bits per heavy atom. The summed E-state index contributed by atoms with van der Waals surface area (Å²) in [6.45, 7) is 6.72. The average Bonchev–Trinajstić information content (AvgIpc) is 3.07. The normalized spacial score (nSPS) is 35.3. The lowest BCUT2D eigenvalue weighted by Crippen LogP contribution is -2.62. The summed E-state index contributed by atoms with van der Waals surface area (Å²) in [5, 5.41) is 0. The van der Waals surface area contributed by atoms with Crippen molar-refractivity contribution in [1.82, 2.24) is 14.7 Å². The highest BCUT2D eigenvalue weighted by atomic mass is 16.2. The van der Waals surface area contributed by atoms with Gasteiger partial charge in [0.05, 0.1) is 18.6 Å². The monoisotopic (exact) mass is 423 g/mol.